The van der Waals surface area contributed by atoms with Crippen molar-refractivity contribution in [1.82, 2.24) is 4.98 Å². The summed E-state index contributed by atoms with van der Waals surface area (Å²) in [5.41, 5.74) is 0.445. The maximum Gasteiger partial charge on any atom is 0.261 e. The molecule has 4 nitrogen and oxygen atoms in total. The lowest BCUT2D eigenvalue weighted by Gasteiger charge is -2.01. The Morgan fingerprint density at radius 3 is 2.87 bits per heavy atom. The molecule has 15 heavy (non-hydrogen) atoms. The molecule has 0 spiro atoms. The first-order valence-electron chi connectivity index (χ1n) is 4.23. The van der Waals surface area contributed by atoms with Crippen LogP contribution in [0.25, 0.3) is 0 Å². The van der Waals surface area contributed by atoms with Gasteiger partial charge in [0.15, 0.2) is 4.67 Å². The van der Waals surface area contributed by atoms with Gasteiger partial charge in [-0.3, -0.25) is 4.79 Å². The largest absolute Gasteiger partial charge is 0.457 e. The number of amides is 1. The standard InChI is InChI=1S/C10H7BrN2O2/c11-9-7(4-6-15-9)10(14)13-8-3-1-2-5-12-8/h1-6H,(H,12,13,14). The predicted molar refractivity (Wildman–Crippen MR) is 58.6 cm³/mol. The van der Waals surface area contributed by atoms with Crippen LogP contribution < -0.4 is 5.32 Å². The van der Waals surface area contributed by atoms with Crippen LogP contribution in [0.4, 0.5) is 5.82 Å². The summed E-state index contributed by atoms with van der Waals surface area (Å²) in [5.74, 6) is 0.255. The Bertz CT molecular complexity index is 467. The van der Waals surface area contributed by atoms with E-state index in [1.807, 2.05) is 0 Å². The van der Waals surface area contributed by atoms with E-state index in [1.165, 1.54) is 6.26 Å². The second-order valence-electron chi connectivity index (χ2n) is 2.78. The molecule has 2 aromatic heterocycles. The third-order valence-corrected chi connectivity index (χ3v) is 2.38. The average molecular weight is 267 g/mol. The number of hydrogen-bond acceptors (Lipinski definition) is 3. The number of carbonyl (C=O) groups is 1. The lowest BCUT2D eigenvalue weighted by molar-refractivity contribution is 0.102. The van der Waals surface area contributed by atoms with Gasteiger partial charge in [-0.25, -0.2) is 4.98 Å². The zero-order valence-electron chi connectivity index (χ0n) is 7.61. The Kier molecular flexibility index (Phi) is 2.82. The van der Waals surface area contributed by atoms with Crippen LogP contribution in [0.15, 0.2) is 45.8 Å². The van der Waals surface area contributed by atoms with Gasteiger partial charge in [-0.05, 0) is 34.1 Å². The van der Waals surface area contributed by atoms with Crippen LogP contribution in [0.5, 0.6) is 0 Å². The molecule has 5 heteroatoms. The summed E-state index contributed by atoms with van der Waals surface area (Å²) in [6.45, 7) is 0. The molecule has 2 heterocycles. The molecule has 2 aromatic rings. The lowest BCUT2D eigenvalue weighted by atomic mass is 10.3. The summed E-state index contributed by atoms with van der Waals surface area (Å²) in [4.78, 5) is 15.6. The van der Waals surface area contributed by atoms with Crippen LogP contribution >= 0.6 is 15.9 Å². The van der Waals surface area contributed by atoms with E-state index in [4.69, 9.17) is 4.42 Å². The molecule has 0 saturated carbocycles. The maximum atomic E-state index is 11.7. The first-order chi connectivity index (χ1) is 7.27. The molecule has 76 valence electrons. The summed E-state index contributed by atoms with van der Waals surface area (Å²) in [7, 11) is 0. The van der Waals surface area contributed by atoms with Gasteiger partial charge in [-0.1, -0.05) is 6.07 Å². The first kappa shape index (κ1) is 9.92. The van der Waals surface area contributed by atoms with E-state index in [1.54, 1.807) is 30.5 Å². The average Bonchev–Trinajstić information content (AvgIpc) is 2.66. The van der Waals surface area contributed by atoms with Gasteiger partial charge < -0.3 is 9.73 Å². The summed E-state index contributed by atoms with van der Waals surface area (Å²) >= 11 is 3.13. The van der Waals surface area contributed by atoms with Gasteiger partial charge in [0.25, 0.3) is 5.91 Å². The third-order valence-electron chi connectivity index (χ3n) is 1.77. The van der Waals surface area contributed by atoms with Crippen molar-refractivity contribution in [3.05, 3.63) is 47.0 Å². The molecule has 0 aliphatic carbocycles. The summed E-state index contributed by atoms with van der Waals surface area (Å²) in [6, 6.07) is 6.88. The molecule has 1 N–H and O–H groups in total. The van der Waals surface area contributed by atoms with Crippen molar-refractivity contribution in [3.8, 4) is 0 Å². The Morgan fingerprint density at radius 2 is 2.27 bits per heavy atom. The smallest absolute Gasteiger partial charge is 0.261 e. The molecule has 2 rings (SSSR count). The van der Waals surface area contributed by atoms with E-state index in [2.05, 4.69) is 26.2 Å². The fourth-order valence-corrected chi connectivity index (χ4v) is 1.50. The van der Waals surface area contributed by atoms with E-state index in [0.29, 0.717) is 16.1 Å². The van der Waals surface area contributed by atoms with Crippen LogP contribution in [0.1, 0.15) is 10.4 Å². The Balaban J connectivity index is 2.15. The minimum absolute atomic E-state index is 0.255. The highest BCUT2D eigenvalue weighted by atomic mass is 79.9. The molecular weight excluding hydrogens is 260 g/mol. The van der Waals surface area contributed by atoms with Gasteiger partial charge in [-0.15, -0.1) is 0 Å². The van der Waals surface area contributed by atoms with E-state index < -0.39 is 0 Å². The molecular formula is C10H7BrN2O2. The molecule has 0 aliphatic rings. The number of rotatable bonds is 2. The summed E-state index contributed by atoms with van der Waals surface area (Å²) < 4.78 is 5.37. The van der Waals surface area contributed by atoms with E-state index in [-0.39, 0.29) is 5.91 Å². The highest BCUT2D eigenvalue weighted by Gasteiger charge is 2.12. The van der Waals surface area contributed by atoms with Crippen LogP contribution in [0.3, 0.4) is 0 Å². The SMILES string of the molecule is O=C(Nc1ccccn1)c1ccoc1Br. The van der Waals surface area contributed by atoms with Crippen molar-refractivity contribution in [2.75, 3.05) is 5.32 Å². The van der Waals surface area contributed by atoms with Crippen LogP contribution in [-0.4, -0.2) is 10.9 Å². The van der Waals surface area contributed by atoms with Crippen molar-refractivity contribution in [2.45, 2.75) is 0 Å². The molecule has 0 fully saturated rings. The van der Waals surface area contributed by atoms with Crippen LogP contribution in [0, 0.1) is 0 Å². The monoisotopic (exact) mass is 266 g/mol. The van der Waals surface area contributed by atoms with Gasteiger partial charge in [0.05, 0.1) is 11.8 Å². The second-order valence-corrected chi connectivity index (χ2v) is 3.50. The highest BCUT2D eigenvalue weighted by Crippen LogP contribution is 2.18. The molecule has 0 unspecified atom stereocenters. The minimum Gasteiger partial charge on any atom is -0.457 e. The number of anilines is 1. The van der Waals surface area contributed by atoms with Crippen molar-refractivity contribution in [1.29, 1.82) is 0 Å². The molecule has 0 aromatic carbocycles. The molecule has 0 saturated heterocycles. The third kappa shape index (κ3) is 2.24. The Morgan fingerprint density at radius 1 is 1.40 bits per heavy atom. The topological polar surface area (TPSA) is 55.1 Å². The van der Waals surface area contributed by atoms with Gasteiger partial charge in [0.1, 0.15) is 5.82 Å². The Labute approximate surface area is 94.4 Å². The first-order valence-corrected chi connectivity index (χ1v) is 5.02. The van der Waals surface area contributed by atoms with Crippen LogP contribution in [-0.2, 0) is 0 Å². The maximum absolute atomic E-state index is 11.7. The molecule has 0 aliphatic heterocycles. The minimum atomic E-state index is -0.255. The van der Waals surface area contributed by atoms with Crippen molar-refractivity contribution < 1.29 is 9.21 Å². The number of hydrogen-bond donors (Lipinski definition) is 1. The molecule has 0 atom stereocenters. The fourth-order valence-electron chi connectivity index (χ4n) is 1.08. The Hall–Kier alpha value is -1.62. The van der Waals surface area contributed by atoms with Crippen molar-refractivity contribution >= 4 is 27.7 Å². The molecule has 0 bridgehead atoms. The number of furan rings is 1. The zero-order valence-corrected chi connectivity index (χ0v) is 9.19. The van der Waals surface area contributed by atoms with Crippen molar-refractivity contribution in [2.24, 2.45) is 0 Å². The number of pyridine rings is 1. The fraction of sp³-hybridized carbons (Fsp3) is 0. The normalized spacial score (nSPS) is 9.93. The number of nitrogens with one attached hydrogen (secondary N) is 1. The van der Waals surface area contributed by atoms with Gasteiger partial charge >= 0.3 is 0 Å². The highest BCUT2D eigenvalue weighted by molar-refractivity contribution is 9.10. The summed E-state index contributed by atoms with van der Waals surface area (Å²) in [6.07, 6.45) is 3.05. The molecule has 1 amide bonds. The number of nitrogens with zero attached hydrogens (tertiary/aromatic N) is 1. The van der Waals surface area contributed by atoms with Gasteiger partial charge in [0.2, 0.25) is 0 Å². The zero-order chi connectivity index (χ0) is 10.7. The number of halogens is 1. The van der Waals surface area contributed by atoms with Crippen molar-refractivity contribution in [3.63, 3.8) is 0 Å². The van der Waals surface area contributed by atoms with E-state index >= 15 is 0 Å². The van der Waals surface area contributed by atoms with E-state index in [0.717, 1.165) is 0 Å². The summed E-state index contributed by atoms with van der Waals surface area (Å²) in [5, 5.41) is 2.65. The van der Waals surface area contributed by atoms with Crippen LogP contribution in [0.2, 0.25) is 0 Å². The van der Waals surface area contributed by atoms with Gasteiger partial charge in [0, 0.05) is 6.20 Å². The number of carbonyl (C=O) groups excluding carboxylic acids is 1. The predicted octanol–water partition coefficient (Wildman–Crippen LogP) is 2.69. The number of aromatic nitrogens is 1. The quantitative estimate of drug-likeness (QED) is 0.910. The second kappa shape index (κ2) is 4.27. The van der Waals surface area contributed by atoms with Gasteiger partial charge in [-0.2, -0.15) is 0 Å². The molecule has 0 radical (unpaired) electrons. The lowest BCUT2D eigenvalue weighted by Crippen LogP contribution is -2.12. The van der Waals surface area contributed by atoms with E-state index in [9.17, 15) is 4.79 Å².